The minimum absolute atomic E-state index is 0.0193. The molecule has 1 aliphatic heterocycles. The van der Waals surface area contributed by atoms with Gasteiger partial charge in [-0.25, -0.2) is 13.4 Å². The maximum Gasteiger partial charge on any atom is 0.256 e. The van der Waals surface area contributed by atoms with E-state index >= 15 is 0 Å². The van der Waals surface area contributed by atoms with Crippen molar-refractivity contribution in [1.29, 1.82) is 0 Å². The number of pyridine rings is 1. The quantitative estimate of drug-likeness (QED) is 0.729. The van der Waals surface area contributed by atoms with E-state index in [0.29, 0.717) is 36.5 Å². The number of amides is 1. The summed E-state index contributed by atoms with van der Waals surface area (Å²) in [7, 11) is -1.93. The smallest absolute Gasteiger partial charge is 0.256 e. The molecule has 0 unspecified atom stereocenters. The Morgan fingerprint density at radius 2 is 2.04 bits per heavy atom. The third-order valence-corrected chi connectivity index (χ3v) is 7.23. The Labute approximate surface area is 150 Å². The molecule has 0 aliphatic carbocycles. The third kappa shape index (κ3) is 3.40. The zero-order chi connectivity index (χ0) is 18.0. The van der Waals surface area contributed by atoms with Crippen molar-refractivity contribution in [3.63, 3.8) is 0 Å². The molecule has 1 aliphatic rings. The number of aromatic nitrogens is 4. The average Bonchev–Trinajstić information content (AvgIpc) is 3.08. The van der Waals surface area contributed by atoms with E-state index in [9.17, 15) is 13.2 Å². The summed E-state index contributed by atoms with van der Waals surface area (Å²) < 4.78 is 26.8. The molecule has 3 heterocycles. The fourth-order valence-corrected chi connectivity index (χ4v) is 5.22. The van der Waals surface area contributed by atoms with E-state index in [1.165, 1.54) is 22.7 Å². The molecule has 25 heavy (non-hydrogen) atoms. The molecule has 3 rings (SSSR count). The highest BCUT2D eigenvalue weighted by atomic mass is 32.2. The molecule has 0 bridgehead atoms. The summed E-state index contributed by atoms with van der Waals surface area (Å²) in [5, 5.41) is 7.48. The van der Waals surface area contributed by atoms with E-state index in [2.05, 4.69) is 15.2 Å². The SMILES string of the molecule is CSc1ncccc1C(=O)N1CCC(S(=O)(=O)c2nncn2C)CC1. The van der Waals surface area contributed by atoms with Crippen molar-refractivity contribution in [2.45, 2.75) is 28.3 Å². The molecule has 0 radical (unpaired) electrons. The lowest BCUT2D eigenvalue weighted by molar-refractivity contribution is 0.0721. The summed E-state index contributed by atoms with van der Waals surface area (Å²) in [4.78, 5) is 18.6. The molecule has 0 N–H and O–H groups in total. The molecular formula is C15H19N5O3S2. The minimum Gasteiger partial charge on any atom is -0.338 e. The fraction of sp³-hybridized carbons (Fsp3) is 0.467. The number of carbonyl (C=O) groups excluding carboxylic acids is 1. The number of thioether (sulfide) groups is 1. The van der Waals surface area contributed by atoms with Crippen LogP contribution in [0.2, 0.25) is 0 Å². The highest BCUT2D eigenvalue weighted by Crippen LogP contribution is 2.25. The molecular weight excluding hydrogens is 362 g/mol. The Balaban J connectivity index is 1.72. The topological polar surface area (TPSA) is 98.1 Å². The van der Waals surface area contributed by atoms with Gasteiger partial charge in [-0.2, -0.15) is 0 Å². The van der Waals surface area contributed by atoms with E-state index in [1.807, 2.05) is 6.26 Å². The molecule has 1 saturated heterocycles. The van der Waals surface area contributed by atoms with Crippen LogP contribution in [0.5, 0.6) is 0 Å². The van der Waals surface area contributed by atoms with Crippen molar-refractivity contribution >= 4 is 27.5 Å². The first-order valence-electron chi connectivity index (χ1n) is 7.81. The Morgan fingerprint density at radius 3 is 2.64 bits per heavy atom. The Bertz CT molecular complexity index is 873. The normalized spacial score (nSPS) is 16.2. The van der Waals surface area contributed by atoms with Crippen LogP contribution in [0.25, 0.3) is 0 Å². The van der Waals surface area contributed by atoms with Crippen molar-refractivity contribution in [1.82, 2.24) is 24.6 Å². The van der Waals surface area contributed by atoms with Crippen LogP contribution >= 0.6 is 11.8 Å². The van der Waals surface area contributed by atoms with Crippen LogP contribution in [0.1, 0.15) is 23.2 Å². The van der Waals surface area contributed by atoms with Gasteiger partial charge in [0.05, 0.1) is 10.8 Å². The Morgan fingerprint density at radius 1 is 1.32 bits per heavy atom. The second-order valence-electron chi connectivity index (χ2n) is 5.82. The number of nitrogens with zero attached hydrogens (tertiary/aromatic N) is 5. The molecule has 0 spiro atoms. The molecule has 0 atom stereocenters. The highest BCUT2D eigenvalue weighted by Gasteiger charge is 2.35. The molecule has 10 heteroatoms. The number of hydrogen-bond acceptors (Lipinski definition) is 7. The van der Waals surface area contributed by atoms with Gasteiger partial charge < -0.3 is 9.47 Å². The summed E-state index contributed by atoms with van der Waals surface area (Å²) >= 11 is 1.42. The predicted octanol–water partition coefficient (Wildman–Crippen LogP) is 1.01. The number of rotatable bonds is 4. The summed E-state index contributed by atoms with van der Waals surface area (Å²) in [5.41, 5.74) is 0.560. The van der Waals surface area contributed by atoms with Crippen LogP contribution < -0.4 is 0 Å². The maximum absolute atomic E-state index is 12.7. The first-order chi connectivity index (χ1) is 11.9. The Kier molecular flexibility index (Phi) is 5.09. The van der Waals surface area contributed by atoms with Gasteiger partial charge in [-0.05, 0) is 31.2 Å². The molecule has 0 saturated carbocycles. The lowest BCUT2D eigenvalue weighted by Gasteiger charge is -2.31. The van der Waals surface area contributed by atoms with Crippen LogP contribution in [0.3, 0.4) is 0 Å². The molecule has 1 amide bonds. The van der Waals surface area contributed by atoms with Gasteiger partial charge in [0.1, 0.15) is 11.4 Å². The van der Waals surface area contributed by atoms with Gasteiger partial charge in [0.2, 0.25) is 15.0 Å². The minimum atomic E-state index is -3.54. The number of hydrogen-bond donors (Lipinski definition) is 0. The summed E-state index contributed by atoms with van der Waals surface area (Å²) in [5.74, 6) is -0.105. The number of likely N-dealkylation sites (tertiary alicyclic amines) is 1. The lowest BCUT2D eigenvalue weighted by atomic mass is 10.1. The van der Waals surface area contributed by atoms with Crippen LogP contribution in [0, 0.1) is 0 Å². The maximum atomic E-state index is 12.7. The summed E-state index contributed by atoms with van der Waals surface area (Å²) in [6.07, 6.45) is 5.67. The van der Waals surface area contributed by atoms with Crippen LogP contribution in [-0.4, -0.2) is 63.6 Å². The van der Waals surface area contributed by atoms with Gasteiger partial charge in [0.15, 0.2) is 0 Å². The van der Waals surface area contributed by atoms with Crippen molar-refractivity contribution in [3.05, 3.63) is 30.2 Å². The zero-order valence-corrected chi connectivity index (χ0v) is 15.6. The van der Waals surface area contributed by atoms with Gasteiger partial charge in [-0.3, -0.25) is 4.79 Å². The second kappa shape index (κ2) is 7.12. The summed E-state index contributed by atoms with van der Waals surface area (Å²) in [6, 6.07) is 3.49. The van der Waals surface area contributed by atoms with E-state index in [4.69, 9.17) is 0 Å². The molecule has 2 aromatic heterocycles. The van der Waals surface area contributed by atoms with Gasteiger partial charge in [-0.1, -0.05) is 0 Å². The van der Waals surface area contributed by atoms with E-state index in [1.54, 1.807) is 30.3 Å². The number of aryl methyl sites for hydroxylation is 1. The standard InChI is InChI=1S/C15H19N5O3S2/c1-19-10-17-18-15(19)25(22,23)11-5-8-20(9-6-11)14(21)12-4-3-7-16-13(12)24-2/h3-4,7,10-11H,5-6,8-9H2,1-2H3. The zero-order valence-electron chi connectivity index (χ0n) is 14.0. The van der Waals surface area contributed by atoms with Crippen molar-refractivity contribution in [2.24, 2.45) is 7.05 Å². The van der Waals surface area contributed by atoms with Crippen molar-refractivity contribution < 1.29 is 13.2 Å². The second-order valence-corrected chi connectivity index (χ2v) is 8.74. The van der Waals surface area contributed by atoms with Gasteiger partial charge in [0, 0.05) is 26.3 Å². The predicted molar refractivity (Wildman–Crippen MR) is 93.1 cm³/mol. The average molecular weight is 381 g/mol. The van der Waals surface area contributed by atoms with Crippen LogP contribution in [-0.2, 0) is 16.9 Å². The molecule has 0 aromatic carbocycles. The first kappa shape index (κ1) is 17.9. The van der Waals surface area contributed by atoms with E-state index in [0.717, 1.165) is 0 Å². The van der Waals surface area contributed by atoms with E-state index < -0.39 is 15.1 Å². The number of carbonyl (C=O) groups is 1. The number of sulfone groups is 1. The third-order valence-electron chi connectivity index (χ3n) is 4.29. The van der Waals surface area contributed by atoms with Crippen LogP contribution in [0.15, 0.2) is 34.8 Å². The lowest BCUT2D eigenvalue weighted by Crippen LogP contribution is -2.43. The molecule has 134 valence electrons. The highest BCUT2D eigenvalue weighted by molar-refractivity contribution is 7.98. The van der Waals surface area contributed by atoms with E-state index in [-0.39, 0.29) is 11.1 Å². The monoisotopic (exact) mass is 381 g/mol. The van der Waals surface area contributed by atoms with Gasteiger partial charge in [-0.15, -0.1) is 22.0 Å². The van der Waals surface area contributed by atoms with Crippen molar-refractivity contribution in [2.75, 3.05) is 19.3 Å². The largest absolute Gasteiger partial charge is 0.338 e. The van der Waals surface area contributed by atoms with Gasteiger partial charge >= 0.3 is 0 Å². The summed E-state index contributed by atoms with van der Waals surface area (Å²) in [6.45, 7) is 0.784. The molecule has 8 nitrogen and oxygen atoms in total. The van der Waals surface area contributed by atoms with Crippen molar-refractivity contribution in [3.8, 4) is 0 Å². The number of piperidine rings is 1. The van der Waals surface area contributed by atoms with Gasteiger partial charge in [0.25, 0.3) is 5.91 Å². The van der Waals surface area contributed by atoms with Crippen LogP contribution in [0.4, 0.5) is 0 Å². The fourth-order valence-electron chi connectivity index (χ4n) is 2.94. The molecule has 1 fully saturated rings. The Hall–Kier alpha value is -1.94. The molecule has 2 aromatic rings. The first-order valence-corrected chi connectivity index (χ1v) is 10.6.